The molecule has 0 atom stereocenters. The second-order valence-corrected chi connectivity index (χ2v) is 3.31. The van der Waals surface area contributed by atoms with E-state index in [0.29, 0.717) is 4.90 Å². The number of urea groups is 1. The van der Waals surface area contributed by atoms with Gasteiger partial charge >= 0.3 is 17.8 Å². The lowest BCUT2D eigenvalue weighted by Gasteiger charge is -2.11. The molecule has 1 fully saturated rings. The topological polar surface area (TPSA) is 110 Å². The van der Waals surface area contributed by atoms with Gasteiger partial charge in [0.05, 0.1) is 5.69 Å². The fourth-order valence-electron chi connectivity index (χ4n) is 1.43. The van der Waals surface area contributed by atoms with Crippen molar-refractivity contribution in [3.05, 3.63) is 29.8 Å². The first-order valence-corrected chi connectivity index (χ1v) is 4.60. The number of hydrogen-bond acceptors (Lipinski definition) is 4. The Bertz CT molecular complexity index is 552. The molecule has 1 heterocycles. The van der Waals surface area contributed by atoms with E-state index >= 15 is 0 Å². The van der Waals surface area contributed by atoms with Crippen molar-refractivity contribution in [2.24, 2.45) is 5.73 Å². The Balaban J connectivity index is 2.44. The van der Waals surface area contributed by atoms with Crippen LogP contribution in [0.1, 0.15) is 10.4 Å². The predicted octanol–water partition coefficient (Wildman–Crippen LogP) is -0.632. The second-order valence-electron chi connectivity index (χ2n) is 3.31. The molecule has 0 unspecified atom stereocenters. The largest absolute Gasteiger partial charge is 0.366 e. The van der Waals surface area contributed by atoms with Crippen molar-refractivity contribution in [1.82, 2.24) is 5.32 Å². The van der Waals surface area contributed by atoms with Crippen molar-refractivity contribution in [1.29, 1.82) is 0 Å². The molecule has 0 saturated carbocycles. The Labute approximate surface area is 95.2 Å². The molecule has 0 aliphatic carbocycles. The lowest BCUT2D eigenvalue weighted by atomic mass is 10.2. The highest BCUT2D eigenvalue weighted by Crippen LogP contribution is 2.18. The molecule has 0 spiro atoms. The van der Waals surface area contributed by atoms with Gasteiger partial charge in [0, 0.05) is 5.56 Å². The minimum absolute atomic E-state index is 0.120. The van der Waals surface area contributed by atoms with Gasteiger partial charge in [-0.15, -0.1) is 0 Å². The monoisotopic (exact) mass is 233 g/mol. The molecule has 1 saturated heterocycles. The summed E-state index contributed by atoms with van der Waals surface area (Å²) in [6.07, 6.45) is 0. The van der Waals surface area contributed by atoms with Crippen LogP contribution in [-0.4, -0.2) is 23.8 Å². The van der Waals surface area contributed by atoms with Gasteiger partial charge in [-0.2, -0.15) is 0 Å². The van der Waals surface area contributed by atoms with E-state index in [-0.39, 0.29) is 11.3 Å². The minimum atomic E-state index is -1.00. The summed E-state index contributed by atoms with van der Waals surface area (Å²) in [6, 6.07) is 4.73. The Morgan fingerprint density at radius 1 is 1.24 bits per heavy atom. The predicted molar refractivity (Wildman–Crippen MR) is 56.0 cm³/mol. The van der Waals surface area contributed by atoms with Crippen molar-refractivity contribution in [3.8, 4) is 0 Å². The van der Waals surface area contributed by atoms with Gasteiger partial charge in [-0.05, 0) is 18.2 Å². The van der Waals surface area contributed by atoms with Crippen LogP contribution in [0.2, 0.25) is 0 Å². The maximum atomic E-state index is 11.4. The quantitative estimate of drug-likeness (QED) is 0.523. The van der Waals surface area contributed by atoms with Crippen LogP contribution >= 0.6 is 0 Å². The smallest absolute Gasteiger partial charge is 0.336 e. The van der Waals surface area contributed by atoms with E-state index in [4.69, 9.17) is 5.73 Å². The van der Waals surface area contributed by atoms with Crippen LogP contribution in [0.15, 0.2) is 24.3 Å². The first-order valence-electron chi connectivity index (χ1n) is 4.60. The number of carbonyl (C=O) groups excluding carboxylic acids is 4. The average Bonchev–Trinajstić information content (AvgIpc) is 2.53. The molecule has 1 aliphatic rings. The summed E-state index contributed by atoms with van der Waals surface area (Å²) in [6.45, 7) is 0. The number of nitrogens with two attached hydrogens (primary N) is 1. The van der Waals surface area contributed by atoms with Gasteiger partial charge < -0.3 is 5.73 Å². The van der Waals surface area contributed by atoms with E-state index in [2.05, 4.69) is 0 Å². The summed E-state index contributed by atoms with van der Waals surface area (Å²) in [5.41, 5.74) is 5.33. The van der Waals surface area contributed by atoms with Crippen molar-refractivity contribution >= 4 is 29.4 Å². The van der Waals surface area contributed by atoms with E-state index in [1.807, 2.05) is 5.32 Å². The molecule has 2 rings (SSSR count). The molecule has 3 N–H and O–H groups in total. The lowest BCUT2D eigenvalue weighted by molar-refractivity contribution is -0.134. The highest BCUT2D eigenvalue weighted by atomic mass is 16.2. The molecule has 7 heteroatoms. The van der Waals surface area contributed by atoms with E-state index in [1.54, 1.807) is 0 Å². The van der Waals surface area contributed by atoms with Crippen molar-refractivity contribution in [3.63, 3.8) is 0 Å². The number of carbonyl (C=O) groups is 4. The standard InChI is InChI=1S/C10H7N3O4/c11-7(14)5-2-1-3-6(4-5)13-9(16)8(15)12-10(13)17/h1-4H,(H2,11,14)(H,12,15,17). The molecule has 1 aliphatic heterocycles. The summed E-state index contributed by atoms with van der Waals surface area (Å²) in [4.78, 5) is 45.3. The zero-order valence-corrected chi connectivity index (χ0v) is 8.47. The molecule has 0 bridgehead atoms. The first-order chi connectivity index (χ1) is 8.00. The third kappa shape index (κ3) is 1.73. The molecule has 7 nitrogen and oxygen atoms in total. The van der Waals surface area contributed by atoms with Crippen LogP contribution < -0.4 is 16.0 Å². The van der Waals surface area contributed by atoms with Crippen molar-refractivity contribution in [2.45, 2.75) is 0 Å². The van der Waals surface area contributed by atoms with Crippen molar-refractivity contribution < 1.29 is 19.2 Å². The van der Waals surface area contributed by atoms with Crippen molar-refractivity contribution in [2.75, 3.05) is 4.90 Å². The van der Waals surface area contributed by atoms with E-state index in [1.165, 1.54) is 24.3 Å². The fraction of sp³-hybridized carbons (Fsp3) is 0. The van der Waals surface area contributed by atoms with Crippen LogP contribution in [-0.2, 0) is 9.59 Å². The first kappa shape index (κ1) is 10.8. The number of imide groups is 2. The molecule has 1 aromatic rings. The molecular formula is C10H7N3O4. The molecule has 0 radical (unpaired) electrons. The number of nitrogens with one attached hydrogen (secondary N) is 1. The molecule has 0 aromatic heterocycles. The molecular weight excluding hydrogens is 226 g/mol. The van der Waals surface area contributed by atoms with Gasteiger partial charge in [-0.3, -0.25) is 19.7 Å². The number of rotatable bonds is 2. The van der Waals surface area contributed by atoms with Gasteiger partial charge in [-0.1, -0.05) is 6.07 Å². The normalized spacial score (nSPS) is 15.1. The van der Waals surface area contributed by atoms with E-state index in [9.17, 15) is 19.2 Å². The SMILES string of the molecule is NC(=O)c1cccc(N2C(=O)NC(=O)C2=O)c1. The van der Waals surface area contributed by atoms with Gasteiger partial charge in [0.25, 0.3) is 0 Å². The Hall–Kier alpha value is -2.70. The summed E-state index contributed by atoms with van der Waals surface area (Å²) >= 11 is 0. The number of benzene rings is 1. The third-order valence-electron chi connectivity index (χ3n) is 2.21. The molecule has 17 heavy (non-hydrogen) atoms. The highest BCUT2D eigenvalue weighted by molar-refractivity contribution is 6.53. The summed E-state index contributed by atoms with van der Waals surface area (Å²) in [5, 5.41) is 1.85. The average molecular weight is 233 g/mol. The molecule has 5 amide bonds. The maximum absolute atomic E-state index is 11.4. The third-order valence-corrected chi connectivity index (χ3v) is 2.21. The number of nitrogens with zero attached hydrogens (tertiary/aromatic N) is 1. The van der Waals surface area contributed by atoms with E-state index in [0.717, 1.165) is 0 Å². The van der Waals surface area contributed by atoms with Crippen LogP contribution in [0.4, 0.5) is 10.5 Å². The van der Waals surface area contributed by atoms with Gasteiger partial charge in [0.15, 0.2) is 0 Å². The number of anilines is 1. The lowest BCUT2D eigenvalue weighted by Crippen LogP contribution is -2.31. The van der Waals surface area contributed by atoms with Gasteiger partial charge in [0.2, 0.25) is 5.91 Å². The van der Waals surface area contributed by atoms with Gasteiger partial charge in [-0.25, -0.2) is 9.69 Å². The van der Waals surface area contributed by atoms with Crippen LogP contribution in [0.5, 0.6) is 0 Å². The maximum Gasteiger partial charge on any atom is 0.336 e. The Morgan fingerprint density at radius 2 is 1.94 bits per heavy atom. The van der Waals surface area contributed by atoms with Crippen LogP contribution in [0.25, 0.3) is 0 Å². The minimum Gasteiger partial charge on any atom is -0.366 e. The number of primary amides is 1. The highest BCUT2D eigenvalue weighted by Gasteiger charge is 2.38. The number of amides is 5. The van der Waals surface area contributed by atoms with E-state index < -0.39 is 23.8 Å². The summed E-state index contributed by atoms with van der Waals surface area (Å²) < 4.78 is 0. The zero-order chi connectivity index (χ0) is 12.6. The Kier molecular flexibility index (Phi) is 2.36. The summed E-state index contributed by atoms with van der Waals surface area (Å²) in [7, 11) is 0. The van der Waals surface area contributed by atoms with Gasteiger partial charge in [0.1, 0.15) is 0 Å². The zero-order valence-electron chi connectivity index (χ0n) is 8.47. The molecule has 86 valence electrons. The summed E-state index contributed by atoms with van der Waals surface area (Å²) in [5.74, 6) is -2.68. The van der Waals surface area contributed by atoms with Crippen LogP contribution in [0.3, 0.4) is 0 Å². The fourth-order valence-corrected chi connectivity index (χ4v) is 1.43. The Morgan fingerprint density at radius 3 is 2.47 bits per heavy atom. The number of hydrogen-bond donors (Lipinski definition) is 2. The molecule has 1 aromatic carbocycles. The van der Waals surface area contributed by atoms with Crippen LogP contribution in [0, 0.1) is 0 Å². The second kappa shape index (κ2) is 3.71.